The van der Waals surface area contributed by atoms with Crippen molar-refractivity contribution in [3.05, 3.63) is 0 Å². The van der Waals surface area contributed by atoms with Crippen molar-refractivity contribution in [2.45, 2.75) is 75.0 Å². The molecule has 2 heterocycles. The van der Waals surface area contributed by atoms with Crippen LogP contribution in [0.15, 0.2) is 0 Å². The van der Waals surface area contributed by atoms with Crippen LogP contribution in [-0.4, -0.2) is 72.7 Å². The van der Waals surface area contributed by atoms with Crippen LogP contribution in [-0.2, 0) is 0 Å². The van der Waals surface area contributed by atoms with Crippen LogP contribution in [0.3, 0.4) is 0 Å². The average molecular weight is 387 g/mol. The Morgan fingerprint density at radius 1 is 0.885 bits per heavy atom. The lowest BCUT2D eigenvalue weighted by Crippen LogP contribution is -2.53. The lowest BCUT2D eigenvalue weighted by atomic mass is 9.79. The van der Waals surface area contributed by atoms with E-state index in [9.17, 15) is 4.39 Å². The number of alkyl halides is 2. The third-order valence-electron chi connectivity index (χ3n) is 7.39. The Balaban J connectivity index is 1.22. The zero-order valence-corrected chi connectivity index (χ0v) is 16.8. The second kappa shape index (κ2) is 9.04. The molecular weight excluding hydrogens is 351 g/mol. The molecule has 4 aliphatic rings. The second-order valence-corrected chi connectivity index (χ2v) is 9.68. The summed E-state index contributed by atoms with van der Waals surface area (Å²) in [7, 11) is 0. The fourth-order valence-corrected chi connectivity index (χ4v) is 5.97. The molecule has 0 aromatic heterocycles. The Kier molecular flexibility index (Phi) is 6.74. The van der Waals surface area contributed by atoms with Gasteiger partial charge in [0.05, 0.1) is 0 Å². The van der Waals surface area contributed by atoms with Crippen molar-refractivity contribution in [3.8, 4) is 0 Å². The molecular formula is C20H36ClFN4. The Hall–Kier alpha value is 0.0600. The van der Waals surface area contributed by atoms with Crippen LogP contribution >= 0.6 is 11.6 Å². The van der Waals surface area contributed by atoms with Crippen LogP contribution in [0.25, 0.3) is 0 Å². The van der Waals surface area contributed by atoms with E-state index in [0.29, 0.717) is 23.3 Å². The number of piperazine rings is 1. The maximum atomic E-state index is 13.5. The van der Waals surface area contributed by atoms with Crippen LogP contribution in [0.5, 0.6) is 0 Å². The second-order valence-electron chi connectivity index (χ2n) is 9.07. The Bertz CT molecular complexity index is 430. The van der Waals surface area contributed by atoms with Gasteiger partial charge in [0, 0.05) is 62.6 Å². The van der Waals surface area contributed by atoms with Gasteiger partial charge in [0.2, 0.25) is 0 Å². The summed E-state index contributed by atoms with van der Waals surface area (Å²) in [5, 5.41) is 0.416. The van der Waals surface area contributed by atoms with Gasteiger partial charge in [-0.05, 0) is 57.3 Å². The molecule has 2 aliphatic heterocycles. The summed E-state index contributed by atoms with van der Waals surface area (Å²) in [6.07, 6.45) is 8.01. The van der Waals surface area contributed by atoms with Gasteiger partial charge in [0.25, 0.3) is 0 Å². The van der Waals surface area contributed by atoms with Gasteiger partial charge < -0.3 is 4.90 Å². The molecule has 2 atom stereocenters. The minimum absolute atomic E-state index is 0.416. The SMILES string of the molecule is FC1CCC(C2NNCC2CN2CCN(C3CCC(Cl)CC3)CC2)CC1. The molecule has 0 spiro atoms. The predicted octanol–water partition coefficient (Wildman–Crippen LogP) is 2.77. The van der Waals surface area contributed by atoms with Gasteiger partial charge in [0.15, 0.2) is 0 Å². The fourth-order valence-electron chi connectivity index (χ4n) is 5.71. The highest BCUT2D eigenvalue weighted by atomic mass is 35.5. The number of rotatable bonds is 4. The topological polar surface area (TPSA) is 30.5 Å². The summed E-state index contributed by atoms with van der Waals surface area (Å²) in [6, 6.07) is 1.30. The third-order valence-corrected chi connectivity index (χ3v) is 7.83. The van der Waals surface area contributed by atoms with E-state index >= 15 is 0 Å². The molecule has 4 nitrogen and oxygen atoms in total. The highest BCUT2D eigenvalue weighted by molar-refractivity contribution is 6.20. The van der Waals surface area contributed by atoms with Crippen LogP contribution in [0.4, 0.5) is 4.39 Å². The van der Waals surface area contributed by atoms with Crippen molar-refractivity contribution in [2.75, 3.05) is 39.3 Å². The first kappa shape index (κ1) is 19.4. The van der Waals surface area contributed by atoms with Gasteiger partial charge in [-0.3, -0.25) is 15.8 Å². The molecule has 2 saturated heterocycles. The highest BCUT2D eigenvalue weighted by Gasteiger charge is 2.37. The molecule has 4 fully saturated rings. The average Bonchev–Trinajstić information content (AvgIpc) is 3.12. The third kappa shape index (κ3) is 4.72. The van der Waals surface area contributed by atoms with Gasteiger partial charge >= 0.3 is 0 Å². The van der Waals surface area contributed by atoms with Crippen LogP contribution < -0.4 is 10.9 Å². The Morgan fingerprint density at radius 3 is 2.27 bits per heavy atom. The minimum atomic E-state index is -0.555. The summed E-state index contributed by atoms with van der Waals surface area (Å²) >= 11 is 6.27. The molecule has 26 heavy (non-hydrogen) atoms. The Labute approximate surface area is 163 Å². The zero-order valence-electron chi connectivity index (χ0n) is 16.0. The van der Waals surface area contributed by atoms with Crippen molar-refractivity contribution in [3.63, 3.8) is 0 Å². The van der Waals surface area contributed by atoms with Crippen molar-refractivity contribution in [1.82, 2.24) is 20.7 Å². The van der Waals surface area contributed by atoms with Crippen molar-refractivity contribution in [2.24, 2.45) is 11.8 Å². The van der Waals surface area contributed by atoms with E-state index in [-0.39, 0.29) is 0 Å². The number of nitrogens with zero attached hydrogens (tertiary/aromatic N) is 2. The molecule has 150 valence electrons. The fraction of sp³-hybridized carbons (Fsp3) is 1.00. The molecule has 2 saturated carbocycles. The molecule has 2 N–H and O–H groups in total. The number of hydrogen-bond acceptors (Lipinski definition) is 4. The standard InChI is InChI=1S/C20H36ClFN4/c21-17-3-7-19(8-4-17)26-11-9-25(10-12-26)14-16-13-23-24-20(16)15-1-5-18(22)6-2-15/h15-20,23-24H,1-14H2. The lowest BCUT2D eigenvalue weighted by Gasteiger charge is -2.42. The van der Waals surface area contributed by atoms with Gasteiger partial charge in [-0.2, -0.15) is 0 Å². The first-order chi connectivity index (χ1) is 12.7. The normalized spacial score (nSPS) is 43.6. The first-order valence-electron chi connectivity index (χ1n) is 10.9. The van der Waals surface area contributed by atoms with E-state index in [1.165, 1.54) is 58.4 Å². The molecule has 0 bridgehead atoms. The lowest BCUT2D eigenvalue weighted by molar-refractivity contribution is 0.0667. The van der Waals surface area contributed by atoms with Crippen LogP contribution in [0, 0.1) is 11.8 Å². The maximum Gasteiger partial charge on any atom is 0.100 e. The predicted molar refractivity (Wildman–Crippen MR) is 105 cm³/mol. The van der Waals surface area contributed by atoms with Gasteiger partial charge in [-0.25, -0.2) is 4.39 Å². The molecule has 0 aromatic rings. The van der Waals surface area contributed by atoms with Crippen LogP contribution in [0.1, 0.15) is 51.4 Å². The number of hydrazine groups is 1. The highest BCUT2D eigenvalue weighted by Crippen LogP contribution is 2.33. The molecule has 2 aliphatic carbocycles. The molecule has 0 amide bonds. The quantitative estimate of drug-likeness (QED) is 0.727. The smallest absolute Gasteiger partial charge is 0.100 e. The summed E-state index contributed by atoms with van der Waals surface area (Å²) in [4.78, 5) is 5.38. The van der Waals surface area contributed by atoms with Gasteiger partial charge in [-0.15, -0.1) is 11.6 Å². The molecule has 2 unspecified atom stereocenters. The van der Waals surface area contributed by atoms with Crippen LogP contribution in [0.2, 0.25) is 0 Å². The minimum Gasteiger partial charge on any atom is -0.300 e. The van der Waals surface area contributed by atoms with E-state index in [2.05, 4.69) is 20.7 Å². The van der Waals surface area contributed by atoms with Crippen molar-refractivity contribution < 1.29 is 4.39 Å². The monoisotopic (exact) mass is 386 g/mol. The zero-order chi connectivity index (χ0) is 17.9. The Morgan fingerprint density at radius 2 is 1.58 bits per heavy atom. The summed E-state index contributed by atoms with van der Waals surface area (Å²) in [5.41, 5.74) is 6.92. The van der Waals surface area contributed by atoms with E-state index in [4.69, 9.17) is 11.6 Å². The molecule has 6 heteroatoms. The maximum absolute atomic E-state index is 13.5. The van der Waals surface area contributed by atoms with Crippen molar-refractivity contribution in [1.29, 1.82) is 0 Å². The largest absolute Gasteiger partial charge is 0.300 e. The summed E-state index contributed by atoms with van der Waals surface area (Å²) < 4.78 is 13.5. The summed E-state index contributed by atoms with van der Waals surface area (Å²) in [6.45, 7) is 7.05. The van der Waals surface area contributed by atoms with E-state index < -0.39 is 6.17 Å². The number of halogens is 2. The van der Waals surface area contributed by atoms with E-state index in [1.54, 1.807) is 0 Å². The van der Waals surface area contributed by atoms with Gasteiger partial charge in [-0.1, -0.05) is 0 Å². The number of hydrogen-bond donors (Lipinski definition) is 2. The van der Waals surface area contributed by atoms with E-state index in [0.717, 1.165) is 38.3 Å². The molecule has 4 rings (SSSR count). The number of nitrogens with one attached hydrogen (secondary N) is 2. The van der Waals surface area contributed by atoms with E-state index in [1.807, 2.05) is 0 Å². The molecule has 0 radical (unpaired) electrons. The van der Waals surface area contributed by atoms with Gasteiger partial charge in [0.1, 0.15) is 6.17 Å². The van der Waals surface area contributed by atoms with Crippen molar-refractivity contribution >= 4 is 11.6 Å². The first-order valence-corrected chi connectivity index (χ1v) is 11.4. The molecule has 0 aromatic carbocycles. The summed E-state index contributed by atoms with van der Waals surface area (Å²) in [5.74, 6) is 1.31.